The zero-order chi connectivity index (χ0) is 24.7. The van der Waals surface area contributed by atoms with Crippen molar-refractivity contribution in [2.24, 2.45) is 11.8 Å². The summed E-state index contributed by atoms with van der Waals surface area (Å²) in [5.74, 6) is -1.04. The van der Waals surface area contributed by atoms with E-state index in [1.54, 1.807) is 32.6 Å². The molecule has 3 aromatic rings. The molecule has 1 saturated heterocycles. The number of carbonyl (C=O) groups is 1. The summed E-state index contributed by atoms with van der Waals surface area (Å²) in [5.41, 5.74) is 0.0640. The number of anilines is 1. The highest BCUT2D eigenvalue weighted by Gasteiger charge is 2.34. The summed E-state index contributed by atoms with van der Waals surface area (Å²) in [7, 11) is 0. The van der Waals surface area contributed by atoms with Crippen molar-refractivity contribution in [3.05, 3.63) is 56.6 Å². The highest BCUT2D eigenvalue weighted by Crippen LogP contribution is 2.31. The molecule has 1 fully saturated rings. The number of amides is 1. The Hall–Kier alpha value is -3.14. The van der Waals surface area contributed by atoms with Gasteiger partial charge in [-0.25, -0.2) is 23.7 Å². The standard InChI is InChI=1S/C23H25ClF2N6O2/c1-10-8-32(9-11(2)18(10)25)22(34)14-6-27-23(28-7-14)29-12(3)15-5-16-20(19(26)17(15)24)30-13(4)31-21(16)33/h5-7,10-12,18H,8-9H2,1-4H3,(H,27,28,29)(H,30,31,33)/t10-,11+,12-,18?/m0/s1. The lowest BCUT2D eigenvalue weighted by Crippen LogP contribution is -2.48. The topological polar surface area (TPSA) is 104 Å². The van der Waals surface area contributed by atoms with Gasteiger partial charge in [0.1, 0.15) is 17.5 Å². The van der Waals surface area contributed by atoms with Crippen molar-refractivity contribution in [2.75, 3.05) is 18.4 Å². The van der Waals surface area contributed by atoms with Crippen molar-refractivity contribution >= 4 is 34.4 Å². The van der Waals surface area contributed by atoms with E-state index in [0.717, 1.165) is 0 Å². The van der Waals surface area contributed by atoms with Crippen LogP contribution in [0, 0.1) is 24.6 Å². The number of rotatable bonds is 4. The van der Waals surface area contributed by atoms with Gasteiger partial charge in [-0.1, -0.05) is 25.4 Å². The highest BCUT2D eigenvalue weighted by molar-refractivity contribution is 6.32. The molecule has 0 saturated carbocycles. The van der Waals surface area contributed by atoms with Crippen LogP contribution < -0.4 is 10.9 Å². The fourth-order valence-electron chi connectivity index (χ4n) is 4.33. The number of benzene rings is 1. The first kappa shape index (κ1) is 24.0. The van der Waals surface area contributed by atoms with Gasteiger partial charge in [-0.15, -0.1) is 0 Å². The van der Waals surface area contributed by atoms with Crippen molar-refractivity contribution < 1.29 is 13.6 Å². The molecule has 2 aromatic heterocycles. The molecule has 4 rings (SSSR count). The van der Waals surface area contributed by atoms with Gasteiger partial charge in [-0.2, -0.15) is 0 Å². The van der Waals surface area contributed by atoms with Crippen molar-refractivity contribution in [3.8, 4) is 0 Å². The Labute approximate surface area is 199 Å². The fourth-order valence-corrected chi connectivity index (χ4v) is 4.63. The van der Waals surface area contributed by atoms with Gasteiger partial charge < -0.3 is 15.2 Å². The number of aromatic amines is 1. The maximum absolute atomic E-state index is 14.8. The number of aromatic nitrogens is 4. The zero-order valence-corrected chi connectivity index (χ0v) is 20.0. The molecule has 1 aliphatic rings. The minimum atomic E-state index is -0.935. The number of halogens is 3. The normalized spacial score (nSPS) is 21.5. The third kappa shape index (κ3) is 4.46. The summed E-state index contributed by atoms with van der Waals surface area (Å²) >= 11 is 6.24. The van der Waals surface area contributed by atoms with Gasteiger partial charge in [0.15, 0.2) is 5.82 Å². The molecule has 0 spiro atoms. The van der Waals surface area contributed by atoms with E-state index in [1.165, 1.54) is 18.5 Å². The molecular formula is C23H25ClF2N6O2. The van der Waals surface area contributed by atoms with E-state index in [-0.39, 0.29) is 51.0 Å². The second-order valence-electron chi connectivity index (χ2n) is 8.91. The van der Waals surface area contributed by atoms with Crippen LogP contribution in [0.5, 0.6) is 0 Å². The Bertz CT molecular complexity index is 1290. The number of alkyl halides is 1. The lowest BCUT2D eigenvalue weighted by molar-refractivity contribution is 0.0368. The fraction of sp³-hybridized carbons (Fsp3) is 0.435. The van der Waals surface area contributed by atoms with Gasteiger partial charge in [-0.3, -0.25) is 9.59 Å². The number of hydrogen-bond donors (Lipinski definition) is 2. The Morgan fingerprint density at radius 2 is 1.88 bits per heavy atom. The van der Waals surface area contributed by atoms with Gasteiger partial charge in [-0.05, 0) is 25.5 Å². The summed E-state index contributed by atoms with van der Waals surface area (Å²) in [6.45, 7) is 7.52. The number of H-pyrrole nitrogens is 1. The van der Waals surface area contributed by atoms with Crippen LogP contribution in [0.4, 0.5) is 14.7 Å². The number of nitrogens with zero attached hydrogens (tertiary/aromatic N) is 4. The molecule has 0 radical (unpaired) electrons. The number of nitrogens with one attached hydrogen (secondary N) is 2. The number of hydrogen-bond acceptors (Lipinski definition) is 6. The van der Waals surface area contributed by atoms with E-state index in [4.69, 9.17) is 11.6 Å². The monoisotopic (exact) mass is 490 g/mol. The van der Waals surface area contributed by atoms with Crippen molar-refractivity contribution in [3.63, 3.8) is 0 Å². The lowest BCUT2D eigenvalue weighted by Gasteiger charge is -2.37. The molecule has 180 valence electrons. The quantitative estimate of drug-likeness (QED) is 0.571. The van der Waals surface area contributed by atoms with E-state index in [2.05, 4.69) is 25.3 Å². The van der Waals surface area contributed by atoms with Crippen molar-refractivity contribution in [1.29, 1.82) is 0 Å². The molecule has 8 nitrogen and oxygen atoms in total. The van der Waals surface area contributed by atoms with Crippen LogP contribution in [-0.4, -0.2) is 50.0 Å². The molecule has 0 aliphatic carbocycles. The minimum absolute atomic E-state index is 0.0820. The smallest absolute Gasteiger partial charge is 0.258 e. The van der Waals surface area contributed by atoms with Crippen LogP contribution >= 0.6 is 11.6 Å². The molecule has 11 heteroatoms. The van der Waals surface area contributed by atoms with Crippen molar-refractivity contribution in [2.45, 2.75) is 39.9 Å². The van der Waals surface area contributed by atoms with E-state index < -0.39 is 23.6 Å². The van der Waals surface area contributed by atoms with Gasteiger partial charge in [0, 0.05) is 37.3 Å². The first-order chi connectivity index (χ1) is 16.1. The second kappa shape index (κ2) is 9.25. The Kier molecular flexibility index (Phi) is 6.53. The van der Waals surface area contributed by atoms with E-state index in [0.29, 0.717) is 18.7 Å². The van der Waals surface area contributed by atoms with Crippen LogP contribution in [0.15, 0.2) is 23.3 Å². The number of aryl methyl sites for hydroxylation is 1. The van der Waals surface area contributed by atoms with E-state index >= 15 is 0 Å². The first-order valence-corrected chi connectivity index (χ1v) is 11.3. The van der Waals surface area contributed by atoms with Crippen molar-refractivity contribution in [1.82, 2.24) is 24.8 Å². The number of likely N-dealkylation sites (tertiary alicyclic amines) is 1. The second-order valence-corrected chi connectivity index (χ2v) is 9.29. The summed E-state index contributed by atoms with van der Waals surface area (Å²) in [6.07, 6.45) is 1.85. The molecule has 2 N–H and O–H groups in total. The summed E-state index contributed by atoms with van der Waals surface area (Å²) in [5, 5.41) is 2.93. The van der Waals surface area contributed by atoms with Gasteiger partial charge in [0.2, 0.25) is 5.95 Å². The summed E-state index contributed by atoms with van der Waals surface area (Å²) in [4.78, 5) is 41.7. The third-order valence-electron chi connectivity index (χ3n) is 6.13. The average Bonchev–Trinajstić information content (AvgIpc) is 2.79. The van der Waals surface area contributed by atoms with Gasteiger partial charge in [0.05, 0.1) is 22.0 Å². The van der Waals surface area contributed by atoms with Crippen LogP contribution in [0.25, 0.3) is 10.9 Å². The molecule has 1 aliphatic heterocycles. The van der Waals surface area contributed by atoms with Gasteiger partial charge in [0.25, 0.3) is 11.5 Å². The number of piperidine rings is 1. The van der Waals surface area contributed by atoms with E-state index in [9.17, 15) is 18.4 Å². The molecule has 4 atom stereocenters. The van der Waals surface area contributed by atoms with E-state index in [1.807, 2.05) is 0 Å². The largest absolute Gasteiger partial charge is 0.348 e. The third-order valence-corrected chi connectivity index (χ3v) is 6.51. The van der Waals surface area contributed by atoms with Crippen LogP contribution in [0.2, 0.25) is 5.02 Å². The minimum Gasteiger partial charge on any atom is -0.348 e. The molecule has 1 unspecified atom stereocenters. The predicted octanol–water partition coefficient (Wildman–Crippen LogP) is 4.05. The summed E-state index contributed by atoms with van der Waals surface area (Å²) in [6, 6.07) is 0.928. The molecule has 34 heavy (non-hydrogen) atoms. The Morgan fingerprint density at radius 1 is 1.26 bits per heavy atom. The van der Waals surface area contributed by atoms with Crippen LogP contribution in [0.1, 0.15) is 48.6 Å². The average molecular weight is 491 g/mol. The Morgan fingerprint density at radius 3 is 2.50 bits per heavy atom. The SMILES string of the molecule is Cc1nc2c(F)c(Cl)c([C@H](C)Nc3ncc(C(=O)N4C[C@@H](C)C(F)[C@@H](C)C4)cn3)cc2c(=O)[nH]1. The lowest BCUT2D eigenvalue weighted by atomic mass is 9.89. The number of carbonyl (C=O) groups excluding carboxylic acids is 1. The summed E-state index contributed by atoms with van der Waals surface area (Å²) < 4.78 is 28.9. The molecular weight excluding hydrogens is 466 g/mol. The zero-order valence-electron chi connectivity index (χ0n) is 19.2. The molecule has 1 amide bonds. The van der Waals surface area contributed by atoms with Crippen LogP contribution in [0.3, 0.4) is 0 Å². The molecule has 3 heterocycles. The Balaban J connectivity index is 1.53. The molecule has 1 aromatic carbocycles. The first-order valence-electron chi connectivity index (χ1n) is 11.0. The van der Waals surface area contributed by atoms with Crippen LogP contribution in [-0.2, 0) is 0 Å². The maximum atomic E-state index is 14.8. The molecule has 0 bridgehead atoms. The highest BCUT2D eigenvalue weighted by atomic mass is 35.5. The number of fused-ring (bicyclic) bond motifs is 1. The maximum Gasteiger partial charge on any atom is 0.258 e. The van der Waals surface area contributed by atoms with Gasteiger partial charge >= 0.3 is 0 Å². The predicted molar refractivity (Wildman–Crippen MR) is 125 cm³/mol.